The predicted octanol–water partition coefficient (Wildman–Crippen LogP) is 3.48. The third kappa shape index (κ3) is 3.37. The first kappa shape index (κ1) is 16.3. The van der Waals surface area contributed by atoms with Crippen molar-refractivity contribution in [3.05, 3.63) is 29.3 Å². The second-order valence-electron chi connectivity index (χ2n) is 6.47. The molecule has 3 rings (SSSR count). The highest BCUT2D eigenvalue weighted by molar-refractivity contribution is 6.30. The normalized spacial score (nSPS) is 25.0. The molecule has 0 spiro atoms. The summed E-state index contributed by atoms with van der Waals surface area (Å²) in [5, 5.41) is 0.645. The average Bonchev–Trinajstić information content (AvgIpc) is 2.96. The van der Waals surface area contributed by atoms with Gasteiger partial charge >= 0.3 is 0 Å². The van der Waals surface area contributed by atoms with Gasteiger partial charge in [-0.3, -0.25) is 9.59 Å². The molecular weight excluding hydrogens is 312 g/mol. The van der Waals surface area contributed by atoms with Crippen LogP contribution in [0.3, 0.4) is 0 Å². The molecule has 1 aromatic carbocycles. The Hall–Kier alpha value is -1.55. The lowest BCUT2D eigenvalue weighted by Gasteiger charge is -2.36. The number of hydrogen-bond donors (Lipinski definition) is 0. The molecule has 2 aliphatic heterocycles. The highest BCUT2D eigenvalue weighted by Gasteiger charge is 2.39. The molecule has 23 heavy (non-hydrogen) atoms. The maximum Gasteiger partial charge on any atom is 0.228 e. The molecule has 2 aliphatic rings. The highest BCUT2D eigenvalue weighted by atomic mass is 35.5. The Bertz CT molecular complexity index is 587. The summed E-state index contributed by atoms with van der Waals surface area (Å²) in [6, 6.07) is 7.57. The van der Waals surface area contributed by atoms with E-state index in [0.29, 0.717) is 24.0 Å². The second kappa shape index (κ2) is 6.91. The number of carbonyl (C=O) groups is 2. The molecule has 0 radical (unpaired) electrons. The molecule has 0 saturated carbocycles. The van der Waals surface area contributed by atoms with Crippen LogP contribution in [0.5, 0.6) is 0 Å². The van der Waals surface area contributed by atoms with E-state index >= 15 is 0 Å². The van der Waals surface area contributed by atoms with E-state index in [1.807, 2.05) is 17.0 Å². The Kier molecular flexibility index (Phi) is 4.90. The smallest absolute Gasteiger partial charge is 0.228 e. The molecule has 0 bridgehead atoms. The molecule has 124 valence electrons. The third-order valence-electron chi connectivity index (χ3n) is 4.99. The number of amides is 2. The van der Waals surface area contributed by atoms with Crippen molar-refractivity contribution < 1.29 is 9.59 Å². The van der Waals surface area contributed by atoms with Crippen molar-refractivity contribution in [2.24, 2.45) is 5.92 Å². The fourth-order valence-corrected chi connectivity index (χ4v) is 3.82. The minimum Gasteiger partial charge on any atom is -0.339 e. The lowest BCUT2D eigenvalue weighted by Crippen LogP contribution is -2.46. The van der Waals surface area contributed by atoms with Gasteiger partial charge in [-0.1, -0.05) is 18.5 Å². The Labute approximate surface area is 142 Å². The van der Waals surface area contributed by atoms with E-state index in [2.05, 4.69) is 6.92 Å². The summed E-state index contributed by atoms with van der Waals surface area (Å²) in [6.07, 6.45) is 4.66. The van der Waals surface area contributed by atoms with E-state index in [9.17, 15) is 9.59 Å². The first-order valence-corrected chi connectivity index (χ1v) is 8.84. The van der Waals surface area contributed by atoms with Gasteiger partial charge < -0.3 is 9.80 Å². The van der Waals surface area contributed by atoms with Crippen molar-refractivity contribution in [2.75, 3.05) is 18.0 Å². The molecule has 4 nitrogen and oxygen atoms in total. The van der Waals surface area contributed by atoms with E-state index in [-0.39, 0.29) is 17.7 Å². The van der Waals surface area contributed by atoms with Crippen molar-refractivity contribution in [3.63, 3.8) is 0 Å². The molecule has 2 fully saturated rings. The van der Waals surface area contributed by atoms with Crippen molar-refractivity contribution in [2.45, 2.75) is 45.1 Å². The van der Waals surface area contributed by atoms with Crippen molar-refractivity contribution >= 4 is 29.1 Å². The summed E-state index contributed by atoms with van der Waals surface area (Å²) in [5.41, 5.74) is 0.820. The number of anilines is 1. The first-order chi connectivity index (χ1) is 11.1. The van der Waals surface area contributed by atoms with Gasteiger partial charge in [0.2, 0.25) is 11.8 Å². The van der Waals surface area contributed by atoms with E-state index in [4.69, 9.17) is 11.6 Å². The number of carbonyl (C=O) groups excluding carboxylic acids is 2. The van der Waals surface area contributed by atoms with Gasteiger partial charge in [-0.25, -0.2) is 0 Å². The predicted molar refractivity (Wildman–Crippen MR) is 91.6 cm³/mol. The largest absolute Gasteiger partial charge is 0.339 e. The number of likely N-dealkylation sites (tertiary alicyclic amines) is 1. The fourth-order valence-electron chi connectivity index (χ4n) is 3.69. The SMILES string of the molecule is CC[C@@H]1CCCCN1C(=O)[C@H]1CC(=O)N(c2ccc(Cl)cc2)C1. The van der Waals surface area contributed by atoms with Crippen LogP contribution in [-0.2, 0) is 9.59 Å². The first-order valence-electron chi connectivity index (χ1n) is 8.46. The molecule has 2 amide bonds. The van der Waals surface area contributed by atoms with Crippen LogP contribution in [0.15, 0.2) is 24.3 Å². The maximum absolute atomic E-state index is 12.9. The van der Waals surface area contributed by atoms with Crippen LogP contribution in [0, 0.1) is 5.92 Å². The summed E-state index contributed by atoms with van der Waals surface area (Å²) >= 11 is 5.90. The molecular formula is C18H23ClN2O2. The molecule has 2 saturated heterocycles. The minimum atomic E-state index is -0.217. The number of hydrogen-bond acceptors (Lipinski definition) is 2. The van der Waals surface area contributed by atoms with Gasteiger partial charge in [0.05, 0.1) is 5.92 Å². The van der Waals surface area contributed by atoms with E-state index in [1.54, 1.807) is 17.0 Å². The third-order valence-corrected chi connectivity index (χ3v) is 5.25. The van der Waals surface area contributed by atoms with Crippen molar-refractivity contribution in [3.8, 4) is 0 Å². The van der Waals surface area contributed by atoms with Crippen molar-refractivity contribution in [1.82, 2.24) is 4.90 Å². The Morgan fingerprint density at radius 1 is 1.26 bits per heavy atom. The lowest BCUT2D eigenvalue weighted by atomic mass is 9.97. The van der Waals surface area contributed by atoms with Crippen molar-refractivity contribution in [1.29, 1.82) is 0 Å². The van der Waals surface area contributed by atoms with Crippen LogP contribution in [0.1, 0.15) is 39.0 Å². The summed E-state index contributed by atoms with van der Waals surface area (Å²) < 4.78 is 0. The number of piperidine rings is 1. The monoisotopic (exact) mass is 334 g/mol. The van der Waals surface area contributed by atoms with E-state index in [0.717, 1.165) is 31.5 Å². The molecule has 2 heterocycles. The molecule has 5 heteroatoms. The zero-order valence-electron chi connectivity index (χ0n) is 13.5. The maximum atomic E-state index is 12.9. The van der Waals surface area contributed by atoms with Gasteiger partial charge in [0.25, 0.3) is 0 Å². The van der Waals surface area contributed by atoms with Gasteiger partial charge in [0.1, 0.15) is 0 Å². The van der Waals surface area contributed by atoms with Crippen LogP contribution in [0.25, 0.3) is 0 Å². The molecule has 0 unspecified atom stereocenters. The van der Waals surface area contributed by atoms with Crippen LogP contribution < -0.4 is 4.90 Å². The van der Waals surface area contributed by atoms with Gasteiger partial charge in [0, 0.05) is 36.3 Å². The Morgan fingerprint density at radius 3 is 2.70 bits per heavy atom. The quantitative estimate of drug-likeness (QED) is 0.849. The van der Waals surface area contributed by atoms with Gasteiger partial charge in [-0.2, -0.15) is 0 Å². The Balaban J connectivity index is 1.71. The fraction of sp³-hybridized carbons (Fsp3) is 0.556. The van der Waals surface area contributed by atoms with E-state index < -0.39 is 0 Å². The van der Waals surface area contributed by atoms with Gasteiger partial charge in [0.15, 0.2) is 0 Å². The molecule has 0 aromatic heterocycles. The summed E-state index contributed by atoms with van der Waals surface area (Å²) in [5.74, 6) is -0.0394. The van der Waals surface area contributed by atoms with Crippen LogP contribution in [0.2, 0.25) is 5.02 Å². The number of nitrogens with zero attached hydrogens (tertiary/aromatic N) is 2. The zero-order chi connectivity index (χ0) is 16.4. The summed E-state index contributed by atoms with van der Waals surface area (Å²) in [4.78, 5) is 28.9. The summed E-state index contributed by atoms with van der Waals surface area (Å²) in [6.45, 7) is 3.45. The standard InChI is InChI=1S/C18H23ClN2O2/c1-2-15-5-3-4-10-20(15)18(23)13-11-17(22)21(12-13)16-8-6-14(19)7-9-16/h6-9,13,15H,2-5,10-12H2,1H3/t13-,15+/m0/s1. The Morgan fingerprint density at radius 2 is 2.00 bits per heavy atom. The minimum absolute atomic E-state index is 0.0238. The van der Waals surface area contributed by atoms with Crippen LogP contribution >= 0.6 is 11.6 Å². The molecule has 0 N–H and O–H groups in total. The number of benzene rings is 1. The van der Waals surface area contributed by atoms with Gasteiger partial charge in [-0.05, 0) is 49.9 Å². The topological polar surface area (TPSA) is 40.6 Å². The molecule has 2 atom stereocenters. The molecule has 0 aliphatic carbocycles. The zero-order valence-corrected chi connectivity index (χ0v) is 14.3. The lowest BCUT2D eigenvalue weighted by molar-refractivity contribution is -0.139. The van der Waals surface area contributed by atoms with Crippen LogP contribution in [0.4, 0.5) is 5.69 Å². The number of halogens is 1. The van der Waals surface area contributed by atoms with Crippen LogP contribution in [-0.4, -0.2) is 35.8 Å². The summed E-state index contributed by atoms with van der Waals surface area (Å²) in [7, 11) is 0. The second-order valence-corrected chi connectivity index (χ2v) is 6.91. The molecule has 1 aromatic rings. The van der Waals surface area contributed by atoms with E-state index in [1.165, 1.54) is 6.42 Å². The number of rotatable bonds is 3. The average molecular weight is 335 g/mol. The highest BCUT2D eigenvalue weighted by Crippen LogP contribution is 2.29. The van der Waals surface area contributed by atoms with Gasteiger partial charge in [-0.15, -0.1) is 0 Å².